The van der Waals surface area contributed by atoms with Gasteiger partial charge in [-0.1, -0.05) is 43.3 Å². The lowest BCUT2D eigenvalue weighted by Crippen LogP contribution is -2.14. The van der Waals surface area contributed by atoms with Crippen molar-refractivity contribution in [3.05, 3.63) is 65.2 Å². The Morgan fingerprint density at radius 2 is 1.86 bits per heavy atom. The maximum Gasteiger partial charge on any atom is 0.224 e. The van der Waals surface area contributed by atoms with Gasteiger partial charge in [-0.25, -0.2) is 0 Å². The molecule has 1 unspecified atom stereocenters. The van der Waals surface area contributed by atoms with Gasteiger partial charge in [-0.05, 0) is 54.0 Å². The van der Waals surface area contributed by atoms with Gasteiger partial charge in [-0.2, -0.15) is 0 Å². The molecule has 1 aliphatic rings. The van der Waals surface area contributed by atoms with Crippen LogP contribution in [0, 0.1) is 0 Å². The lowest BCUT2D eigenvalue weighted by atomic mass is 9.97. The molecule has 1 atom stereocenters. The molecule has 1 N–H and O–H groups in total. The first-order valence-corrected chi connectivity index (χ1v) is 7.69. The van der Waals surface area contributed by atoms with Crippen LogP contribution in [0.1, 0.15) is 42.4 Å². The molecule has 0 fully saturated rings. The Morgan fingerprint density at radius 3 is 2.67 bits per heavy atom. The summed E-state index contributed by atoms with van der Waals surface area (Å²) in [6, 6.07) is 16.5. The highest BCUT2D eigenvalue weighted by atomic mass is 16.1. The first-order valence-electron chi connectivity index (χ1n) is 7.69. The summed E-state index contributed by atoms with van der Waals surface area (Å²) in [7, 11) is 0. The van der Waals surface area contributed by atoms with Crippen LogP contribution in [0.25, 0.3) is 0 Å². The van der Waals surface area contributed by atoms with E-state index in [0.717, 1.165) is 12.1 Å². The van der Waals surface area contributed by atoms with Gasteiger partial charge in [0.2, 0.25) is 5.91 Å². The molecule has 2 aromatic carbocycles. The minimum atomic E-state index is 0.0873. The van der Waals surface area contributed by atoms with E-state index in [1.807, 2.05) is 24.3 Å². The second-order valence-corrected chi connectivity index (χ2v) is 5.90. The van der Waals surface area contributed by atoms with Gasteiger partial charge in [0.25, 0.3) is 0 Å². The summed E-state index contributed by atoms with van der Waals surface area (Å²) in [6.45, 7) is 2.09. The predicted octanol–water partition coefficient (Wildman–Crippen LogP) is 4.31. The van der Waals surface area contributed by atoms with Crippen molar-refractivity contribution < 1.29 is 4.79 Å². The Bertz CT molecular complexity index is 633. The molecule has 0 aliphatic heterocycles. The highest BCUT2D eigenvalue weighted by molar-refractivity contribution is 5.91. The van der Waals surface area contributed by atoms with Crippen molar-refractivity contribution in [2.45, 2.75) is 38.5 Å². The summed E-state index contributed by atoms with van der Waals surface area (Å²) in [4.78, 5) is 12.2. The van der Waals surface area contributed by atoms with Crippen LogP contribution >= 0.6 is 0 Å². The van der Waals surface area contributed by atoms with Gasteiger partial charge < -0.3 is 5.32 Å². The highest BCUT2D eigenvalue weighted by Gasteiger charge is 2.14. The first-order chi connectivity index (χ1) is 10.2. The molecule has 3 rings (SSSR count). The minimum Gasteiger partial charge on any atom is -0.326 e. The fraction of sp³-hybridized carbons (Fsp3) is 0.316. The third kappa shape index (κ3) is 3.33. The quantitative estimate of drug-likeness (QED) is 0.888. The maximum atomic E-state index is 12.2. The Morgan fingerprint density at radius 1 is 1.10 bits per heavy atom. The van der Waals surface area contributed by atoms with Crippen molar-refractivity contribution >= 4 is 11.6 Å². The lowest BCUT2D eigenvalue weighted by molar-refractivity contribution is -0.116. The van der Waals surface area contributed by atoms with Crippen LogP contribution in [-0.2, 0) is 17.6 Å². The highest BCUT2D eigenvalue weighted by Crippen LogP contribution is 2.25. The molecule has 0 saturated carbocycles. The molecule has 108 valence electrons. The summed E-state index contributed by atoms with van der Waals surface area (Å²) in [5.41, 5.74) is 4.97. The van der Waals surface area contributed by atoms with Crippen LogP contribution in [0.2, 0.25) is 0 Å². The molecular formula is C19H21NO. The number of carbonyl (C=O) groups excluding carboxylic acids is 1. The second kappa shape index (κ2) is 6.13. The largest absolute Gasteiger partial charge is 0.326 e. The number of rotatable bonds is 4. The second-order valence-electron chi connectivity index (χ2n) is 5.90. The molecule has 2 nitrogen and oxygen atoms in total. The average molecular weight is 279 g/mol. The Kier molecular flexibility index (Phi) is 4.05. The van der Waals surface area contributed by atoms with Crippen LogP contribution in [-0.4, -0.2) is 5.91 Å². The molecule has 21 heavy (non-hydrogen) atoms. The van der Waals surface area contributed by atoms with Crippen molar-refractivity contribution in [1.29, 1.82) is 0 Å². The van der Waals surface area contributed by atoms with E-state index in [0.29, 0.717) is 6.42 Å². The van der Waals surface area contributed by atoms with Gasteiger partial charge in [0.05, 0.1) is 0 Å². The molecule has 0 aromatic heterocycles. The van der Waals surface area contributed by atoms with Gasteiger partial charge in [0, 0.05) is 12.1 Å². The maximum absolute atomic E-state index is 12.2. The van der Waals surface area contributed by atoms with E-state index in [1.54, 1.807) is 0 Å². The molecule has 0 spiro atoms. The smallest absolute Gasteiger partial charge is 0.224 e. The first kappa shape index (κ1) is 13.9. The third-order valence-corrected chi connectivity index (χ3v) is 4.24. The van der Waals surface area contributed by atoms with Crippen LogP contribution < -0.4 is 5.32 Å². The van der Waals surface area contributed by atoms with Crippen molar-refractivity contribution in [2.24, 2.45) is 0 Å². The van der Waals surface area contributed by atoms with Crippen molar-refractivity contribution in [1.82, 2.24) is 0 Å². The number of hydrogen-bond acceptors (Lipinski definition) is 1. The van der Waals surface area contributed by atoms with E-state index in [-0.39, 0.29) is 11.8 Å². The number of hydrogen-bond donors (Lipinski definition) is 1. The number of anilines is 1. The number of benzene rings is 2. The van der Waals surface area contributed by atoms with Crippen LogP contribution in [0.4, 0.5) is 5.69 Å². The van der Waals surface area contributed by atoms with Gasteiger partial charge in [0.15, 0.2) is 0 Å². The van der Waals surface area contributed by atoms with E-state index in [9.17, 15) is 4.79 Å². The van der Waals surface area contributed by atoms with Crippen molar-refractivity contribution in [3.63, 3.8) is 0 Å². The third-order valence-electron chi connectivity index (χ3n) is 4.24. The predicted molar refractivity (Wildman–Crippen MR) is 86.6 cm³/mol. The van der Waals surface area contributed by atoms with Crippen molar-refractivity contribution in [2.75, 3.05) is 5.32 Å². The average Bonchev–Trinajstić information content (AvgIpc) is 2.95. The van der Waals surface area contributed by atoms with E-state index in [4.69, 9.17) is 0 Å². The van der Waals surface area contributed by atoms with Crippen LogP contribution in [0.3, 0.4) is 0 Å². The topological polar surface area (TPSA) is 29.1 Å². The summed E-state index contributed by atoms with van der Waals surface area (Å²) >= 11 is 0. The molecule has 0 radical (unpaired) electrons. The SMILES string of the molecule is CC(CC(=O)Nc1ccc2c(c1)CCC2)c1ccccc1. The fourth-order valence-corrected chi connectivity index (χ4v) is 3.04. The Hall–Kier alpha value is -2.09. The number of fused-ring (bicyclic) bond motifs is 1. The lowest BCUT2D eigenvalue weighted by Gasteiger charge is -2.12. The van der Waals surface area contributed by atoms with Crippen LogP contribution in [0.5, 0.6) is 0 Å². The molecule has 1 amide bonds. The van der Waals surface area contributed by atoms with E-state index in [2.05, 4.69) is 36.5 Å². The fourth-order valence-electron chi connectivity index (χ4n) is 3.04. The standard InChI is InChI=1S/C19H21NO/c1-14(15-6-3-2-4-7-15)12-19(21)20-18-11-10-16-8-5-9-17(16)13-18/h2-4,6-7,10-11,13-14H,5,8-9,12H2,1H3,(H,20,21). The number of aryl methyl sites for hydroxylation is 2. The van der Waals surface area contributed by atoms with Gasteiger partial charge >= 0.3 is 0 Å². The van der Waals surface area contributed by atoms with Gasteiger partial charge in [-0.15, -0.1) is 0 Å². The Balaban J connectivity index is 1.61. The van der Waals surface area contributed by atoms with Gasteiger partial charge in [-0.3, -0.25) is 4.79 Å². The molecular weight excluding hydrogens is 258 g/mol. The number of carbonyl (C=O) groups is 1. The van der Waals surface area contributed by atoms with E-state index >= 15 is 0 Å². The van der Waals surface area contributed by atoms with Gasteiger partial charge in [0.1, 0.15) is 0 Å². The van der Waals surface area contributed by atoms with E-state index < -0.39 is 0 Å². The minimum absolute atomic E-state index is 0.0873. The molecule has 1 aliphatic carbocycles. The molecule has 0 saturated heterocycles. The summed E-state index contributed by atoms with van der Waals surface area (Å²) in [5.74, 6) is 0.324. The zero-order chi connectivity index (χ0) is 14.7. The number of amides is 1. The normalized spacial score (nSPS) is 14.5. The van der Waals surface area contributed by atoms with E-state index in [1.165, 1.54) is 29.5 Å². The number of nitrogens with one attached hydrogen (secondary N) is 1. The molecule has 0 heterocycles. The zero-order valence-electron chi connectivity index (χ0n) is 12.4. The van der Waals surface area contributed by atoms with Crippen molar-refractivity contribution in [3.8, 4) is 0 Å². The zero-order valence-corrected chi connectivity index (χ0v) is 12.4. The molecule has 0 bridgehead atoms. The molecule has 2 heteroatoms. The molecule has 2 aromatic rings. The summed E-state index contributed by atoms with van der Waals surface area (Å²) < 4.78 is 0. The Labute approximate surface area is 126 Å². The monoisotopic (exact) mass is 279 g/mol. The summed E-state index contributed by atoms with van der Waals surface area (Å²) in [6.07, 6.45) is 4.06. The summed E-state index contributed by atoms with van der Waals surface area (Å²) in [5, 5.41) is 3.03. The van der Waals surface area contributed by atoms with Crippen LogP contribution in [0.15, 0.2) is 48.5 Å².